The van der Waals surface area contributed by atoms with E-state index in [1.165, 1.54) is 64.5 Å². The first kappa shape index (κ1) is 15.3. The molecule has 0 spiro atoms. The Kier molecular flexibility index (Phi) is 5.70. The largest absolute Gasteiger partial charge is 0.396 e. The molecular formula is C17H33NO. The van der Waals surface area contributed by atoms with Gasteiger partial charge in [-0.3, -0.25) is 0 Å². The van der Waals surface area contributed by atoms with Gasteiger partial charge in [-0.25, -0.2) is 0 Å². The van der Waals surface area contributed by atoms with Crippen molar-refractivity contribution in [3.63, 3.8) is 0 Å². The Hall–Kier alpha value is -0.0800. The fourth-order valence-corrected chi connectivity index (χ4v) is 4.37. The maximum atomic E-state index is 9.93. The number of likely N-dealkylation sites (tertiary alicyclic amines) is 1. The van der Waals surface area contributed by atoms with E-state index in [4.69, 9.17) is 0 Å². The van der Waals surface area contributed by atoms with Crippen LogP contribution in [-0.4, -0.2) is 36.2 Å². The Balaban J connectivity index is 1.90. The number of hydrogen-bond donors (Lipinski definition) is 1. The molecule has 1 saturated carbocycles. The summed E-state index contributed by atoms with van der Waals surface area (Å²) in [6.07, 6.45) is 10.6. The topological polar surface area (TPSA) is 23.5 Å². The summed E-state index contributed by atoms with van der Waals surface area (Å²) in [6, 6.07) is 0. The van der Waals surface area contributed by atoms with Gasteiger partial charge in [-0.05, 0) is 57.0 Å². The van der Waals surface area contributed by atoms with Crippen LogP contribution in [-0.2, 0) is 0 Å². The van der Waals surface area contributed by atoms with Crippen molar-refractivity contribution in [3.05, 3.63) is 0 Å². The molecule has 3 unspecified atom stereocenters. The molecule has 2 aliphatic rings. The number of nitrogens with zero attached hydrogens (tertiary/aromatic N) is 1. The van der Waals surface area contributed by atoms with E-state index in [2.05, 4.69) is 18.7 Å². The van der Waals surface area contributed by atoms with Crippen LogP contribution >= 0.6 is 0 Å². The summed E-state index contributed by atoms with van der Waals surface area (Å²) in [5.74, 6) is 1.75. The second-order valence-electron chi connectivity index (χ2n) is 7.34. The molecule has 0 aromatic heterocycles. The lowest BCUT2D eigenvalue weighted by atomic mass is 9.70. The minimum atomic E-state index is 0.212. The standard InChI is InChI=1S/C17H33NO/c1-3-16-7-5-10-18(11-8-16)13-17(14-19)9-4-6-15(2)12-17/h15-16,19H,3-14H2,1-2H3. The van der Waals surface area contributed by atoms with Gasteiger partial charge >= 0.3 is 0 Å². The summed E-state index contributed by atoms with van der Waals surface area (Å²) >= 11 is 0. The van der Waals surface area contributed by atoms with Gasteiger partial charge in [-0.2, -0.15) is 0 Å². The normalized spacial score (nSPS) is 38.1. The molecule has 0 aromatic carbocycles. The minimum absolute atomic E-state index is 0.212. The van der Waals surface area contributed by atoms with Crippen molar-refractivity contribution in [2.45, 2.75) is 65.2 Å². The molecule has 1 heterocycles. The highest BCUT2D eigenvalue weighted by atomic mass is 16.3. The zero-order valence-electron chi connectivity index (χ0n) is 13.0. The number of hydrogen-bond acceptors (Lipinski definition) is 2. The van der Waals surface area contributed by atoms with E-state index in [1.54, 1.807) is 0 Å². The molecule has 2 rings (SSSR count). The Morgan fingerprint density at radius 1 is 1.16 bits per heavy atom. The Morgan fingerprint density at radius 2 is 2.00 bits per heavy atom. The first-order chi connectivity index (χ1) is 9.17. The van der Waals surface area contributed by atoms with Crippen molar-refractivity contribution in [2.24, 2.45) is 17.3 Å². The third-order valence-corrected chi connectivity index (χ3v) is 5.60. The van der Waals surface area contributed by atoms with Crippen molar-refractivity contribution < 1.29 is 5.11 Å². The fraction of sp³-hybridized carbons (Fsp3) is 1.00. The first-order valence-corrected chi connectivity index (χ1v) is 8.50. The van der Waals surface area contributed by atoms with Gasteiger partial charge in [0.1, 0.15) is 0 Å². The lowest BCUT2D eigenvalue weighted by molar-refractivity contribution is 0.0245. The van der Waals surface area contributed by atoms with Crippen LogP contribution in [0.15, 0.2) is 0 Å². The van der Waals surface area contributed by atoms with E-state index in [0.29, 0.717) is 6.61 Å². The van der Waals surface area contributed by atoms with E-state index < -0.39 is 0 Å². The summed E-state index contributed by atoms with van der Waals surface area (Å²) in [5, 5.41) is 9.93. The van der Waals surface area contributed by atoms with Crippen LogP contribution in [0.3, 0.4) is 0 Å². The van der Waals surface area contributed by atoms with E-state index in [-0.39, 0.29) is 5.41 Å². The Morgan fingerprint density at radius 3 is 2.68 bits per heavy atom. The Labute approximate surface area is 119 Å². The van der Waals surface area contributed by atoms with Crippen molar-refractivity contribution in [3.8, 4) is 0 Å². The molecule has 1 aliphatic carbocycles. The molecule has 2 fully saturated rings. The van der Waals surface area contributed by atoms with E-state index in [0.717, 1.165) is 18.4 Å². The number of aliphatic hydroxyl groups excluding tert-OH is 1. The van der Waals surface area contributed by atoms with E-state index in [1.807, 2.05) is 0 Å². The summed E-state index contributed by atoms with van der Waals surface area (Å²) < 4.78 is 0. The summed E-state index contributed by atoms with van der Waals surface area (Å²) in [5.41, 5.74) is 0.212. The third kappa shape index (κ3) is 4.19. The van der Waals surface area contributed by atoms with Gasteiger partial charge in [0.15, 0.2) is 0 Å². The van der Waals surface area contributed by atoms with Gasteiger partial charge in [-0.1, -0.05) is 33.1 Å². The van der Waals surface area contributed by atoms with Gasteiger partial charge in [0.25, 0.3) is 0 Å². The number of aliphatic hydroxyl groups is 1. The summed E-state index contributed by atoms with van der Waals surface area (Å²) in [4.78, 5) is 2.66. The maximum absolute atomic E-state index is 9.93. The highest BCUT2D eigenvalue weighted by Crippen LogP contribution is 2.40. The second-order valence-corrected chi connectivity index (χ2v) is 7.34. The van der Waals surface area contributed by atoms with Gasteiger partial charge in [-0.15, -0.1) is 0 Å². The van der Waals surface area contributed by atoms with Crippen molar-refractivity contribution in [2.75, 3.05) is 26.2 Å². The molecule has 1 N–H and O–H groups in total. The molecule has 3 atom stereocenters. The highest BCUT2D eigenvalue weighted by Gasteiger charge is 2.36. The lowest BCUT2D eigenvalue weighted by Crippen LogP contribution is -2.43. The minimum Gasteiger partial charge on any atom is -0.396 e. The van der Waals surface area contributed by atoms with E-state index in [9.17, 15) is 5.11 Å². The number of rotatable bonds is 4. The molecule has 19 heavy (non-hydrogen) atoms. The van der Waals surface area contributed by atoms with Crippen LogP contribution in [0.25, 0.3) is 0 Å². The highest BCUT2D eigenvalue weighted by molar-refractivity contribution is 4.88. The molecule has 0 bridgehead atoms. The molecule has 2 nitrogen and oxygen atoms in total. The molecule has 0 amide bonds. The third-order valence-electron chi connectivity index (χ3n) is 5.60. The van der Waals surface area contributed by atoms with Crippen molar-refractivity contribution >= 4 is 0 Å². The molecule has 112 valence electrons. The molecule has 0 radical (unpaired) electrons. The smallest absolute Gasteiger partial charge is 0.0499 e. The van der Waals surface area contributed by atoms with Crippen molar-refractivity contribution in [1.82, 2.24) is 4.90 Å². The summed E-state index contributed by atoms with van der Waals surface area (Å²) in [6.45, 7) is 8.74. The maximum Gasteiger partial charge on any atom is 0.0499 e. The quantitative estimate of drug-likeness (QED) is 0.840. The molecule has 0 aromatic rings. The summed E-state index contributed by atoms with van der Waals surface area (Å²) in [7, 11) is 0. The lowest BCUT2D eigenvalue weighted by Gasteiger charge is -2.42. The van der Waals surface area contributed by atoms with Crippen LogP contribution in [0.2, 0.25) is 0 Å². The molecule has 1 aliphatic heterocycles. The van der Waals surface area contributed by atoms with Crippen molar-refractivity contribution in [1.29, 1.82) is 0 Å². The fourth-order valence-electron chi connectivity index (χ4n) is 4.37. The monoisotopic (exact) mass is 267 g/mol. The van der Waals surface area contributed by atoms with Crippen LogP contribution in [0.5, 0.6) is 0 Å². The SMILES string of the molecule is CCC1CCCN(CC2(CO)CCCC(C)C2)CC1. The average Bonchev–Trinajstić information content (AvgIpc) is 2.64. The average molecular weight is 267 g/mol. The van der Waals surface area contributed by atoms with E-state index >= 15 is 0 Å². The molecule has 2 heteroatoms. The van der Waals surface area contributed by atoms with Gasteiger partial charge in [0.05, 0.1) is 0 Å². The zero-order chi connectivity index (χ0) is 13.7. The predicted molar refractivity (Wildman–Crippen MR) is 81.2 cm³/mol. The van der Waals surface area contributed by atoms with Crippen LogP contribution in [0.1, 0.15) is 65.2 Å². The zero-order valence-corrected chi connectivity index (χ0v) is 13.0. The van der Waals surface area contributed by atoms with Gasteiger partial charge < -0.3 is 10.0 Å². The van der Waals surface area contributed by atoms with Crippen LogP contribution in [0.4, 0.5) is 0 Å². The van der Waals surface area contributed by atoms with Crippen LogP contribution < -0.4 is 0 Å². The van der Waals surface area contributed by atoms with Gasteiger partial charge in [0.2, 0.25) is 0 Å². The molecule has 1 saturated heterocycles. The first-order valence-electron chi connectivity index (χ1n) is 8.50. The Bertz CT molecular complexity index is 268. The molecular weight excluding hydrogens is 234 g/mol. The van der Waals surface area contributed by atoms with Crippen LogP contribution in [0, 0.1) is 17.3 Å². The second kappa shape index (κ2) is 7.08. The van der Waals surface area contributed by atoms with Gasteiger partial charge in [0, 0.05) is 18.6 Å². The predicted octanol–water partition coefficient (Wildman–Crippen LogP) is 3.69.